The van der Waals surface area contributed by atoms with Crippen molar-refractivity contribution in [1.29, 1.82) is 0 Å². The first-order valence-corrected chi connectivity index (χ1v) is 9.24. The number of carbonyl (C=O) groups is 1. The number of rotatable bonds is 6. The number of halogens is 4. The zero-order chi connectivity index (χ0) is 20.1. The highest BCUT2D eigenvalue weighted by Crippen LogP contribution is 2.29. The van der Waals surface area contributed by atoms with Crippen LogP contribution in [0.15, 0.2) is 48.5 Å². The SMILES string of the molecule is O=C(Cl)CN1CCN(c2ccc(OCc3ccc(C(F)(F)F)cc3)cc2)CC1. The Labute approximate surface area is 166 Å². The molecule has 0 bridgehead atoms. The van der Waals surface area contributed by atoms with Crippen LogP contribution >= 0.6 is 11.6 Å². The van der Waals surface area contributed by atoms with Gasteiger partial charge in [0.25, 0.3) is 0 Å². The number of piperazine rings is 1. The quantitative estimate of drug-likeness (QED) is 0.667. The van der Waals surface area contributed by atoms with Crippen LogP contribution in [0.25, 0.3) is 0 Å². The summed E-state index contributed by atoms with van der Waals surface area (Å²) in [5.74, 6) is 0.648. The maximum Gasteiger partial charge on any atom is 0.416 e. The third-order valence-corrected chi connectivity index (χ3v) is 4.73. The first-order valence-electron chi connectivity index (χ1n) is 8.86. The molecule has 150 valence electrons. The van der Waals surface area contributed by atoms with E-state index in [2.05, 4.69) is 4.90 Å². The van der Waals surface area contributed by atoms with E-state index in [1.54, 1.807) is 0 Å². The van der Waals surface area contributed by atoms with E-state index in [9.17, 15) is 18.0 Å². The minimum atomic E-state index is -4.33. The van der Waals surface area contributed by atoms with E-state index in [0.29, 0.717) is 11.3 Å². The topological polar surface area (TPSA) is 32.8 Å². The molecule has 0 aliphatic carbocycles. The van der Waals surface area contributed by atoms with E-state index in [1.165, 1.54) is 12.1 Å². The van der Waals surface area contributed by atoms with Gasteiger partial charge in [-0.05, 0) is 53.6 Å². The summed E-state index contributed by atoms with van der Waals surface area (Å²) in [5.41, 5.74) is 1.05. The molecule has 1 aliphatic rings. The predicted octanol–water partition coefficient (Wildman–Crippen LogP) is 4.17. The molecular formula is C20H20ClF3N2O2. The molecule has 0 atom stereocenters. The molecule has 0 saturated carbocycles. The molecule has 0 spiro atoms. The molecule has 4 nitrogen and oxygen atoms in total. The summed E-state index contributed by atoms with van der Waals surface area (Å²) < 4.78 is 43.4. The Kier molecular flexibility index (Phi) is 6.46. The van der Waals surface area contributed by atoms with Crippen LogP contribution in [0.1, 0.15) is 11.1 Å². The fourth-order valence-corrected chi connectivity index (χ4v) is 3.22. The molecule has 0 radical (unpaired) electrons. The molecule has 28 heavy (non-hydrogen) atoms. The van der Waals surface area contributed by atoms with Crippen LogP contribution < -0.4 is 9.64 Å². The van der Waals surface area contributed by atoms with E-state index < -0.39 is 11.7 Å². The molecule has 1 heterocycles. The minimum absolute atomic E-state index is 0.197. The molecule has 3 rings (SSSR count). The Bertz CT molecular complexity index is 787. The predicted molar refractivity (Wildman–Crippen MR) is 102 cm³/mol. The second-order valence-electron chi connectivity index (χ2n) is 6.60. The highest BCUT2D eigenvalue weighted by molar-refractivity contribution is 6.64. The molecule has 0 aromatic heterocycles. The van der Waals surface area contributed by atoms with Crippen LogP contribution in [-0.4, -0.2) is 42.9 Å². The fraction of sp³-hybridized carbons (Fsp3) is 0.350. The van der Waals surface area contributed by atoms with Gasteiger partial charge in [0.1, 0.15) is 12.4 Å². The zero-order valence-electron chi connectivity index (χ0n) is 15.1. The Hall–Kier alpha value is -2.25. The van der Waals surface area contributed by atoms with Gasteiger partial charge in [-0.1, -0.05) is 12.1 Å². The largest absolute Gasteiger partial charge is 0.489 e. The average molecular weight is 413 g/mol. The second kappa shape index (κ2) is 8.84. The Morgan fingerprint density at radius 3 is 2.11 bits per heavy atom. The molecule has 1 aliphatic heterocycles. The van der Waals surface area contributed by atoms with Gasteiger partial charge in [-0.3, -0.25) is 9.69 Å². The lowest BCUT2D eigenvalue weighted by atomic mass is 10.1. The summed E-state index contributed by atoms with van der Waals surface area (Å²) in [7, 11) is 0. The van der Waals surface area contributed by atoms with E-state index >= 15 is 0 Å². The lowest BCUT2D eigenvalue weighted by Crippen LogP contribution is -2.47. The number of hydrogen-bond acceptors (Lipinski definition) is 4. The Morgan fingerprint density at radius 1 is 0.964 bits per heavy atom. The number of hydrogen-bond donors (Lipinski definition) is 0. The van der Waals surface area contributed by atoms with Crippen molar-refractivity contribution in [3.8, 4) is 5.75 Å². The first-order chi connectivity index (χ1) is 13.3. The van der Waals surface area contributed by atoms with E-state index in [0.717, 1.165) is 44.0 Å². The third kappa shape index (κ3) is 5.62. The molecule has 0 amide bonds. The van der Waals surface area contributed by atoms with Gasteiger partial charge in [0.05, 0.1) is 12.1 Å². The second-order valence-corrected chi connectivity index (χ2v) is 7.02. The van der Waals surface area contributed by atoms with Crippen LogP contribution in [-0.2, 0) is 17.6 Å². The van der Waals surface area contributed by atoms with Crippen molar-refractivity contribution >= 4 is 22.5 Å². The van der Waals surface area contributed by atoms with Crippen LogP contribution in [0.2, 0.25) is 0 Å². The number of ether oxygens (including phenoxy) is 1. The van der Waals surface area contributed by atoms with Crippen LogP contribution in [0.4, 0.5) is 18.9 Å². The van der Waals surface area contributed by atoms with E-state index in [1.807, 2.05) is 29.2 Å². The number of alkyl halides is 3. The summed E-state index contributed by atoms with van der Waals surface area (Å²) in [4.78, 5) is 15.2. The number of carbonyl (C=O) groups excluding carboxylic acids is 1. The molecular weight excluding hydrogens is 393 g/mol. The lowest BCUT2D eigenvalue weighted by molar-refractivity contribution is -0.137. The van der Waals surface area contributed by atoms with Gasteiger partial charge in [0, 0.05) is 31.9 Å². The smallest absolute Gasteiger partial charge is 0.416 e. The van der Waals surface area contributed by atoms with Crippen molar-refractivity contribution in [2.75, 3.05) is 37.6 Å². The van der Waals surface area contributed by atoms with Gasteiger partial charge in [0.2, 0.25) is 5.24 Å². The van der Waals surface area contributed by atoms with Crippen molar-refractivity contribution in [2.24, 2.45) is 0 Å². The van der Waals surface area contributed by atoms with Gasteiger partial charge in [0.15, 0.2) is 0 Å². The molecule has 0 N–H and O–H groups in total. The Morgan fingerprint density at radius 2 is 1.57 bits per heavy atom. The summed E-state index contributed by atoms with van der Waals surface area (Å²) in [5, 5.41) is -0.344. The molecule has 1 saturated heterocycles. The van der Waals surface area contributed by atoms with Gasteiger partial charge < -0.3 is 9.64 Å². The van der Waals surface area contributed by atoms with Crippen LogP contribution in [0.3, 0.4) is 0 Å². The molecule has 0 unspecified atom stereocenters. The van der Waals surface area contributed by atoms with Gasteiger partial charge in [-0.2, -0.15) is 13.2 Å². The first kappa shape index (κ1) is 20.5. The third-order valence-electron chi connectivity index (χ3n) is 4.61. The lowest BCUT2D eigenvalue weighted by Gasteiger charge is -2.35. The van der Waals surface area contributed by atoms with E-state index in [-0.39, 0.29) is 18.4 Å². The van der Waals surface area contributed by atoms with Gasteiger partial charge >= 0.3 is 6.18 Å². The molecule has 2 aromatic carbocycles. The van der Waals surface area contributed by atoms with Crippen molar-refractivity contribution in [1.82, 2.24) is 4.90 Å². The minimum Gasteiger partial charge on any atom is -0.489 e. The summed E-state index contributed by atoms with van der Waals surface area (Å²) >= 11 is 5.43. The van der Waals surface area contributed by atoms with Crippen molar-refractivity contribution in [2.45, 2.75) is 12.8 Å². The van der Waals surface area contributed by atoms with Crippen LogP contribution in [0, 0.1) is 0 Å². The standard InChI is InChI=1S/C20H20ClF3N2O2/c21-19(27)13-25-9-11-26(12-10-25)17-5-7-18(8-6-17)28-14-15-1-3-16(4-2-15)20(22,23)24/h1-8H,9-14H2. The number of benzene rings is 2. The summed E-state index contributed by atoms with van der Waals surface area (Å²) in [6.07, 6.45) is -4.33. The maximum atomic E-state index is 12.6. The normalized spacial score (nSPS) is 15.5. The zero-order valence-corrected chi connectivity index (χ0v) is 15.8. The fourth-order valence-electron chi connectivity index (χ4n) is 3.05. The Balaban J connectivity index is 1.50. The highest BCUT2D eigenvalue weighted by Gasteiger charge is 2.29. The van der Waals surface area contributed by atoms with Crippen LogP contribution in [0.5, 0.6) is 5.75 Å². The number of anilines is 1. The van der Waals surface area contributed by atoms with Crippen molar-refractivity contribution in [3.05, 3.63) is 59.7 Å². The van der Waals surface area contributed by atoms with E-state index in [4.69, 9.17) is 16.3 Å². The molecule has 2 aromatic rings. The van der Waals surface area contributed by atoms with Gasteiger partial charge in [-0.15, -0.1) is 0 Å². The summed E-state index contributed by atoms with van der Waals surface area (Å²) in [6, 6.07) is 12.5. The average Bonchev–Trinajstić information content (AvgIpc) is 2.67. The maximum absolute atomic E-state index is 12.6. The van der Waals surface area contributed by atoms with Crippen molar-refractivity contribution < 1.29 is 22.7 Å². The van der Waals surface area contributed by atoms with Crippen molar-refractivity contribution in [3.63, 3.8) is 0 Å². The molecule has 8 heteroatoms. The summed E-state index contributed by atoms with van der Waals surface area (Å²) in [6.45, 7) is 3.61. The molecule has 1 fully saturated rings. The van der Waals surface area contributed by atoms with Gasteiger partial charge in [-0.25, -0.2) is 0 Å². The monoisotopic (exact) mass is 412 g/mol. The number of nitrogens with zero attached hydrogens (tertiary/aromatic N) is 2. The highest BCUT2D eigenvalue weighted by atomic mass is 35.5.